The van der Waals surface area contributed by atoms with Gasteiger partial charge in [0.2, 0.25) is 0 Å². The first-order valence-corrected chi connectivity index (χ1v) is 7.42. The van der Waals surface area contributed by atoms with E-state index in [0.29, 0.717) is 12.6 Å². The van der Waals surface area contributed by atoms with E-state index in [1.807, 2.05) is 18.2 Å². The van der Waals surface area contributed by atoms with Crippen molar-refractivity contribution >= 4 is 0 Å². The van der Waals surface area contributed by atoms with Gasteiger partial charge in [0, 0.05) is 18.6 Å². The molecule has 0 aliphatic carbocycles. The Morgan fingerprint density at radius 1 is 1.37 bits per heavy atom. The average molecular weight is 262 g/mol. The number of nitrogens with zero attached hydrogens (tertiary/aromatic N) is 1. The Kier molecular flexibility index (Phi) is 5.37. The molecule has 2 rings (SSSR count). The number of benzene rings is 1. The van der Waals surface area contributed by atoms with Crippen LogP contribution in [0.15, 0.2) is 30.3 Å². The summed E-state index contributed by atoms with van der Waals surface area (Å²) in [6.45, 7) is 4.04. The van der Waals surface area contributed by atoms with Gasteiger partial charge in [0.1, 0.15) is 0 Å². The molecule has 3 nitrogen and oxygen atoms in total. The van der Waals surface area contributed by atoms with Gasteiger partial charge in [-0.15, -0.1) is 0 Å². The predicted octanol–water partition coefficient (Wildman–Crippen LogP) is 1.79. The zero-order valence-electron chi connectivity index (χ0n) is 11.8. The maximum atomic E-state index is 10.3. The summed E-state index contributed by atoms with van der Waals surface area (Å²) in [5.74, 6) is 0. The van der Waals surface area contributed by atoms with Crippen molar-refractivity contribution in [2.24, 2.45) is 5.73 Å². The molecule has 1 fully saturated rings. The van der Waals surface area contributed by atoms with E-state index in [1.165, 1.54) is 24.8 Å². The highest BCUT2D eigenvalue weighted by Gasteiger charge is 2.26. The van der Waals surface area contributed by atoms with Gasteiger partial charge in [0.25, 0.3) is 0 Å². The molecule has 106 valence electrons. The third-order valence-electron chi connectivity index (χ3n) is 4.20. The molecule has 1 aliphatic rings. The van der Waals surface area contributed by atoms with Gasteiger partial charge < -0.3 is 10.8 Å². The molecule has 0 radical (unpaired) electrons. The highest BCUT2D eigenvalue weighted by Crippen LogP contribution is 2.20. The smallest absolute Gasteiger partial charge is 0.0821 e. The molecule has 0 aromatic heterocycles. The van der Waals surface area contributed by atoms with E-state index in [2.05, 4.69) is 24.0 Å². The second kappa shape index (κ2) is 7.04. The van der Waals surface area contributed by atoms with Crippen LogP contribution in [0.1, 0.15) is 31.7 Å². The minimum Gasteiger partial charge on any atom is -0.390 e. The van der Waals surface area contributed by atoms with E-state index in [0.717, 1.165) is 13.0 Å². The Morgan fingerprint density at radius 2 is 2.11 bits per heavy atom. The second-order valence-electron chi connectivity index (χ2n) is 5.62. The summed E-state index contributed by atoms with van der Waals surface area (Å²) in [7, 11) is 0. The van der Waals surface area contributed by atoms with Gasteiger partial charge in [-0.3, -0.25) is 4.90 Å². The van der Waals surface area contributed by atoms with Gasteiger partial charge in [0.15, 0.2) is 0 Å². The molecule has 3 heteroatoms. The standard InChI is InChI=1S/C16H26N2O/c1-2-14-9-6-10-18(14)12-16(19)15(17)11-13-7-4-3-5-8-13/h3-5,7-8,14-16,19H,2,6,9-12,17H2,1H3. The summed E-state index contributed by atoms with van der Waals surface area (Å²) in [4.78, 5) is 2.40. The van der Waals surface area contributed by atoms with Crippen LogP contribution in [0.3, 0.4) is 0 Å². The molecule has 0 amide bonds. The van der Waals surface area contributed by atoms with Crippen molar-refractivity contribution in [2.75, 3.05) is 13.1 Å². The number of rotatable bonds is 6. The van der Waals surface area contributed by atoms with Crippen LogP contribution in [-0.4, -0.2) is 41.3 Å². The number of likely N-dealkylation sites (tertiary alicyclic amines) is 1. The van der Waals surface area contributed by atoms with Gasteiger partial charge in [0.05, 0.1) is 6.10 Å². The second-order valence-corrected chi connectivity index (χ2v) is 5.62. The van der Waals surface area contributed by atoms with Gasteiger partial charge in [-0.2, -0.15) is 0 Å². The van der Waals surface area contributed by atoms with Crippen LogP contribution >= 0.6 is 0 Å². The minimum atomic E-state index is -0.438. The first-order chi connectivity index (χ1) is 9.20. The van der Waals surface area contributed by atoms with E-state index in [4.69, 9.17) is 5.73 Å². The SMILES string of the molecule is CCC1CCCN1CC(O)C(N)Cc1ccccc1. The topological polar surface area (TPSA) is 49.5 Å². The third-order valence-corrected chi connectivity index (χ3v) is 4.20. The Bertz CT molecular complexity index is 368. The van der Waals surface area contributed by atoms with Gasteiger partial charge in [-0.25, -0.2) is 0 Å². The maximum Gasteiger partial charge on any atom is 0.0821 e. The lowest BCUT2D eigenvalue weighted by molar-refractivity contribution is 0.0844. The molecule has 1 heterocycles. The van der Waals surface area contributed by atoms with Crippen molar-refractivity contribution in [1.29, 1.82) is 0 Å². The van der Waals surface area contributed by atoms with Crippen LogP contribution < -0.4 is 5.73 Å². The Labute approximate surface area is 116 Å². The number of hydrogen-bond donors (Lipinski definition) is 2. The first kappa shape index (κ1) is 14.5. The van der Waals surface area contributed by atoms with Crippen LogP contribution in [0, 0.1) is 0 Å². The molecule has 19 heavy (non-hydrogen) atoms. The summed E-state index contributed by atoms with van der Waals surface area (Å²) in [6.07, 6.45) is 3.98. The highest BCUT2D eigenvalue weighted by atomic mass is 16.3. The van der Waals surface area contributed by atoms with Crippen LogP contribution in [0.25, 0.3) is 0 Å². The number of nitrogens with two attached hydrogens (primary N) is 1. The van der Waals surface area contributed by atoms with Crippen LogP contribution in [0.5, 0.6) is 0 Å². The zero-order chi connectivity index (χ0) is 13.7. The lowest BCUT2D eigenvalue weighted by Gasteiger charge is -2.28. The number of aliphatic hydroxyl groups is 1. The molecule has 1 aromatic carbocycles. The average Bonchev–Trinajstić information content (AvgIpc) is 2.87. The summed E-state index contributed by atoms with van der Waals surface area (Å²) in [6, 6.07) is 10.6. The lowest BCUT2D eigenvalue weighted by atomic mass is 10.0. The van der Waals surface area contributed by atoms with E-state index in [9.17, 15) is 5.11 Å². The van der Waals surface area contributed by atoms with E-state index >= 15 is 0 Å². The molecule has 0 saturated carbocycles. The first-order valence-electron chi connectivity index (χ1n) is 7.42. The summed E-state index contributed by atoms with van der Waals surface area (Å²) < 4.78 is 0. The van der Waals surface area contributed by atoms with Gasteiger partial charge >= 0.3 is 0 Å². The fraction of sp³-hybridized carbons (Fsp3) is 0.625. The quantitative estimate of drug-likeness (QED) is 0.822. The van der Waals surface area contributed by atoms with Crippen LogP contribution in [0.4, 0.5) is 0 Å². The summed E-state index contributed by atoms with van der Waals surface area (Å²) in [5.41, 5.74) is 7.33. The molecular formula is C16H26N2O. The third kappa shape index (κ3) is 4.03. The van der Waals surface area contributed by atoms with Crippen LogP contribution in [-0.2, 0) is 6.42 Å². The largest absolute Gasteiger partial charge is 0.390 e. The van der Waals surface area contributed by atoms with Crippen molar-refractivity contribution in [3.63, 3.8) is 0 Å². The molecule has 1 aliphatic heterocycles. The fourth-order valence-electron chi connectivity index (χ4n) is 3.00. The summed E-state index contributed by atoms with van der Waals surface area (Å²) in [5, 5.41) is 10.3. The minimum absolute atomic E-state index is 0.180. The number of β-amino-alcohol motifs (C(OH)–C–C–N with tert-alkyl or cyclic N) is 1. The number of hydrogen-bond acceptors (Lipinski definition) is 3. The van der Waals surface area contributed by atoms with Crippen molar-refractivity contribution in [3.8, 4) is 0 Å². The van der Waals surface area contributed by atoms with Crippen molar-refractivity contribution in [3.05, 3.63) is 35.9 Å². The molecule has 3 unspecified atom stereocenters. The number of aliphatic hydroxyl groups excluding tert-OH is 1. The van der Waals surface area contributed by atoms with Gasteiger partial charge in [-0.05, 0) is 37.8 Å². The van der Waals surface area contributed by atoms with E-state index in [1.54, 1.807) is 0 Å². The summed E-state index contributed by atoms with van der Waals surface area (Å²) >= 11 is 0. The molecule has 0 spiro atoms. The molecular weight excluding hydrogens is 236 g/mol. The molecule has 1 saturated heterocycles. The molecule has 3 N–H and O–H groups in total. The van der Waals surface area contributed by atoms with E-state index in [-0.39, 0.29) is 6.04 Å². The normalized spacial score (nSPS) is 23.4. The molecule has 0 bridgehead atoms. The van der Waals surface area contributed by atoms with Crippen LogP contribution in [0.2, 0.25) is 0 Å². The maximum absolute atomic E-state index is 10.3. The predicted molar refractivity (Wildman–Crippen MR) is 79.0 cm³/mol. The zero-order valence-corrected chi connectivity index (χ0v) is 11.8. The Balaban J connectivity index is 1.83. The van der Waals surface area contributed by atoms with Gasteiger partial charge in [-0.1, -0.05) is 37.3 Å². The van der Waals surface area contributed by atoms with Crippen molar-refractivity contribution in [1.82, 2.24) is 4.90 Å². The molecule has 1 aromatic rings. The van der Waals surface area contributed by atoms with E-state index < -0.39 is 6.10 Å². The van der Waals surface area contributed by atoms with Crippen molar-refractivity contribution in [2.45, 2.75) is 50.8 Å². The van der Waals surface area contributed by atoms with Crippen molar-refractivity contribution < 1.29 is 5.11 Å². The fourth-order valence-corrected chi connectivity index (χ4v) is 3.00. The Hall–Kier alpha value is -0.900. The Morgan fingerprint density at radius 3 is 2.79 bits per heavy atom. The lowest BCUT2D eigenvalue weighted by Crippen LogP contribution is -2.45. The molecule has 3 atom stereocenters. The highest BCUT2D eigenvalue weighted by molar-refractivity contribution is 5.16. The monoisotopic (exact) mass is 262 g/mol.